The molecule has 0 aliphatic carbocycles. The molecule has 3 heteroatoms. The lowest BCUT2D eigenvalue weighted by Crippen LogP contribution is -2.35. The molecule has 0 saturated carbocycles. The van der Waals surface area contributed by atoms with E-state index in [2.05, 4.69) is 54.4 Å². The average Bonchev–Trinajstić information content (AvgIpc) is 2.94. The van der Waals surface area contributed by atoms with Gasteiger partial charge in [0.05, 0.1) is 5.00 Å². The first kappa shape index (κ1) is 13.5. The fourth-order valence-electron chi connectivity index (χ4n) is 2.94. The highest BCUT2D eigenvalue weighted by Gasteiger charge is 2.19. The second-order valence-electron chi connectivity index (χ2n) is 5.65. The van der Waals surface area contributed by atoms with Gasteiger partial charge in [0.1, 0.15) is 0 Å². The maximum atomic E-state index is 3.21. The maximum absolute atomic E-state index is 3.21. The van der Waals surface area contributed by atoms with Crippen LogP contribution in [0, 0.1) is 0 Å². The summed E-state index contributed by atoms with van der Waals surface area (Å²) in [5, 5.41) is 4.44. The van der Waals surface area contributed by atoms with Crippen LogP contribution in [-0.4, -0.2) is 19.6 Å². The molecule has 20 heavy (non-hydrogen) atoms. The third-order valence-corrected chi connectivity index (χ3v) is 5.15. The van der Waals surface area contributed by atoms with Crippen LogP contribution < -0.4 is 10.2 Å². The first-order chi connectivity index (χ1) is 9.69. The third kappa shape index (κ3) is 2.42. The normalized spacial score (nSPS) is 14.5. The summed E-state index contributed by atoms with van der Waals surface area (Å²) in [6.45, 7) is 5.75. The van der Waals surface area contributed by atoms with Crippen molar-refractivity contribution in [3.05, 3.63) is 35.9 Å². The Balaban J connectivity index is 1.96. The lowest BCUT2D eigenvalue weighted by molar-refractivity contribution is 0.626. The lowest BCUT2D eigenvalue weighted by atomic mass is 9.97. The van der Waals surface area contributed by atoms with E-state index in [1.165, 1.54) is 46.1 Å². The summed E-state index contributed by atoms with van der Waals surface area (Å²) >= 11 is 1.82. The summed E-state index contributed by atoms with van der Waals surface area (Å²) in [6, 6.07) is 11.9. The van der Waals surface area contributed by atoms with Gasteiger partial charge in [-0.15, -0.1) is 11.3 Å². The molecule has 0 fully saturated rings. The maximum Gasteiger partial charge on any atom is 0.0886 e. The molecule has 0 radical (unpaired) electrons. The monoisotopic (exact) mass is 286 g/mol. The molecular weight excluding hydrogens is 264 g/mol. The van der Waals surface area contributed by atoms with Crippen LogP contribution in [0.3, 0.4) is 0 Å². The lowest BCUT2D eigenvalue weighted by Gasteiger charge is -2.34. The number of rotatable bonds is 3. The summed E-state index contributed by atoms with van der Waals surface area (Å²) in [4.78, 5) is 3.87. The number of nitrogens with one attached hydrogen (secondary N) is 1. The van der Waals surface area contributed by atoms with E-state index >= 15 is 0 Å². The molecule has 1 aliphatic heterocycles. The Morgan fingerprint density at radius 3 is 2.75 bits per heavy atom. The zero-order valence-electron chi connectivity index (χ0n) is 12.4. The van der Waals surface area contributed by atoms with Crippen LogP contribution in [0.5, 0.6) is 0 Å². The zero-order valence-corrected chi connectivity index (χ0v) is 13.3. The SMILES string of the molecule is CNc1ccc(-c2ccc3c(c2)CCCN3C(C)C)s1. The van der Waals surface area contributed by atoms with Gasteiger partial charge < -0.3 is 10.2 Å². The van der Waals surface area contributed by atoms with Crippen molar-refractivity contribution < 1.29 is 0 Å². The van der Waals surface area contributed by atoms with Gasteiger partial charge in [-0.2, -0.15) is 0 Å². The van der Waals surface area contributed by atoms with Gasteiger partial charge in [-0.05, 0) is 62.1 Å². The molecule has 0 bridgehead atoms. The molecule has 0 saturated heterocycles. The van der Waals surface area contributed by atoms with E-state index in [9.17, 15) is 0 Å². The summed E-state index contributed by atoms with van der Waals surface area (Å²) in [6.07, 6.45) is 2.47. The topological polar surface area (TPSA) is 15.3 Å². The zero-order chi connectivity index (χ0) is 14.1. The van der Waals surface area contributed by atoms with E-state index in [0.29, 0.717) is 6.04 Å². The van der Waals surface area contributed by atoms with E-state index < -0.39 is 0 Å². The largest absolute Gasteiger partial charge is 0.380 e. The molecule has 0 spiro atoms. The van der Waals surface area contributed by atoms with Crippen molar-refractivity contribution in [2.24, 2.45) is 0 Å². The van der Waals surface area contributed by atoms with Crippen LogP contribution in [0.25, 0.3) is 10.4 Å². The van der Waals surface area contributed by atoms with Crippen molar-refractivity contribution in [1.29, 1.82) is 0 Å². The highest BCUT2D eigenvalue weighted by molar-refractivity contribution is 7.19. The van der Waals surface area contributed by atoms with Gasteiger partial charge in [0.25, 0.3) is 0 Å². The molecule has 1 aromatic heterocycles. The van der Waals surface area contributed by atoms with Crippen LogP contribution in [-0.2, 0) is 6.42 Å². The number of anilines is 2. The van der Waals surface area contributed by atoms with Gasteiger partial charge in [-0.3, -0.25) is 0 Å². The van der Waals surface area contributed by atoms with E-state index in [4.69, 9.17) is 0 Å². The van der Waals surface area contributed by atoms with E-state index in [0.717, 1.165) is 0 Å². The van der Waals surface area contributed by atoms with Gasteiger partial charge in [-0.1, -0.05) is 6.07 Å². The standard InChI is InChI=1S/C17H22N2S/c1-12(2)19-10-4-5-13-11-14(6-7-15(13)19)16-8-9-17(18-3)20-16/h6-9,11-12,18H,4-5,10H2,1-3H3. The summed E-state index contributed by atoms with van der Waals surface area (Å²) in [7, 11) is 1.98. The second kappa shape index (κ2) is 5.49. The van der Waals surface area contributed by atoms with E-state index in [-0.39, 0.29) is 0 Å². The number of fused-ring (bicyclic) bond motifs is 1. The first-order valence-corrected chi connectivity index (χ1v) is 8.18. The molecule has 0 amide bonds. The van der Waals surface area contributed by atoms with Crippen molar-refractivity contribution in [2.75, 3.05) is 23.8 Å². The summed E-state index contributed by atoms with van der Waals surface area (Å²) in [5.41, 5.74) is 4.28. The predicted octanol–water partition coefficient (Wildman–Crippen LogP) is 4.62. The van der Waals surface area contributed by atoms with Gasteiger partial charge in [-0.25, -0.2) is 0 Å². The fraction of sp³-hybridized carbons (Fsp3) is 0.412. The average molecular weight is 286 g/mol. The number of aryl methyl sites for hydroxylation is 1. The minimum absolute atomic E-state index is 0.581. The molecule has 0 atom stereocenters. The summed E-state index contributed by atoms with van der Waals surface area (Å²) in [5.74, 6) is 0. The smallest absolute Gasteiger partial charge is 0.0886 e. The van der Waals surface area contributed by atoms with Gasteiger partial charge >= 0.3 is 0 Å². The highest BCUT2D eigenvalue weighted by Crippen LogP contribution is 2.36. The van der Waals surface area contributed by atoms with Crippen LogP contribution in [0.1, 0.15) is 25.8 Å². The first-order valence-electron chi connectivity index (χ1n) is 7.36. The number of thiophene rings is 1. The van der Waals surface area contributed by atoms with Crippen molar-refractivity contribution in [3.63, 3.8) is 0 Å². The minimum atomic E-state index is 0.581. The van der Waals surface area contributed by atoms with Gasteiger partial charge in [0.15, 0.2) is 0 Å². The Kier molecular flexibility index (Phi) is 3.70. The molecule has 1 aromatic carbocycles. The number of benzene rings is 1. The van der Waals surface area contributed by atoms with Crippen LogP contribution >= 0.6 is 11.3 Å². The van der Waals surface area contributed by atoms with Gasteiger partial charge in [0.2, 0.25) is 0 Å². The quantitative estimate of drug-likeness (QED) is 0.886. The molecule has 0 unspecified atom stereocenters. The molecule has 2 aromatic rings. The van der Waals surface area contributed by atoms with E-state index in [1.807, 2.05) is 18.4 Å². The molecule has 106 valence electrons. The van der Waals surface area contributed by atoms with E-state index in [1.54, 1.807) is 0 Å². The fourth-order valence-corrected chi connectivity index (χ4v) is 3.80. The second-order valence-corrected chi connectivity index (χ2v) is 6.73. The highest BCUT2D eigenvalue weighted by atomic mass is 32.1. The Bertz CT molecular complexity index is 601. The Morgan fingerprint density at radius 1 is 1.20 bits per heavy atom. The summed E-state index contributed by atoms with van der Waals surface area (Å²) < 4.78 is 0. The van der Waals surface area contributed by atoms with Crippen molar-refractivity contribution >= 4 is 22.0 Å². The van der Waals surface area contributed by atoms with Crippen LogP contribution in [0.2, 0.25) is 0 Å². The Morgan fingerprint density at radius 2 is 2.05 bits per heavy atom. The molecule has 3 rings (SSSR count). The third-order valence-electron chi connectivity index (χ3n) is 3.99. The predicted molar refractivity (Wildman–Crippen MR) is 90.1 cm³/mol. The number of nitrogens with zero attached hydrogens (tertiary/aromatic N) is 1. The van der Waals surface area contributed by atoms with Gasteiger partial charge in [0, 0.05) is 30.2 Å². The van der Waals surface area contributed by atoms with Crippen LogP contribution in [0.15, 0.2) is 30.3 Å². The van der Waals surface area contributed by atoms with Crippen molar-refractivity contribution in [3.8, 4) is 10.4 Å². The van der Waals surface area contributed by atoms with Crippen LogP contribution in [0.4, 0.5) is 10.7 Å². The Labute approximate surface area is 125 Å². The van der Waals surface area contributed by atoms with Crippen molar-refractivity contribution in [2.45, 2.75) is 32.7 Å². The number of hydrogen-bond acceptors (Lipinski definition) is 3. The molecular formula is C17H22N2S. The molecule has 2 heterocycles. The number of hydrogen-bond donors (Lipinski definition) is 1. The minimum Gasteiger partial charge on any atom is -0.380 e. The van der Waals surface area contributed by atoms with Crippen molar-refractivity contribution in [1.82, 2.24) is 0 Å². The molecule has 1 N–H and O–H groups in total. The molecule has 1 aliphatic rings. The Hall–Kier alpha value is -1.48. The molecule has 2 nitrogen and oxygen atoms in total.